The Morgan fingerprint density at radius 3 is 2.44 bits per heavy atom. The van der Waals surface area contributed by atoms with Crippen LogP contribution in [0.5, 0.6) is 0 Å². The molecule has 0 aromatic heterocycles. The van der Waals surface area contributed by atoms with Crippen molar-refractivity contribution >= 4 is 16.1 Å². The van der Waals surface area contributed by atoms with Crippen molar-refractivity contribution in [3.63, 3.8) is 0 Å². The van der Waals surface area contributed by atoms with Crippen molar-refractivity contribution in [2.45, 2.75) is 52.0 Å². The molecule has 0 aliphatic carbocycles. The van der Waals surface area contributed by atoms with Gasteiger partial charge in [0.05, 0.1) is 5.75 Å². The Morgan fingerprint density at radius 1 is 1.24 bits per heavy atom. The molecule has 0 spiro atoms. The Hall–Kier alpha value is -1.60. The molecule has 0 radical (unpaired) electrons. The van der Waals surface area contributed by atoms with Gasteiger partial charge in [-0.25, -0.2) is 13.2 Å². The first-order valence-corrected chi connectivity index (χ1v) is 10.1. The summed E-state index contributed by atoms with van der Waals surface area (Å²) in [5.74, 6) is -0.0150. The average molecular weight is 368 g/mol. The van der Waals surface area contributed by atoms with E-state index in [1.54, 1.807) is 4.90 Å². The molecule has 1 fully saturated rings. The summed E-state index contributed by atoms with van der Waals surface area (Å²) in [5, 5.41) is 0. The van der Waals surface area contributed by atoms with Gasteiger partial charge in [-0.1, -0.05) is 24.3 Å². The summed E-state index contributed by atoms with van der Waals surface area (Å²) in [6.07, 6.45) is -0.393. The van der Waals surface area contributed by atoms with Gasteiger partial charge in [0.1, 0.15) is 5.60 Å². The fraction of sp³-hybridized carbons (Fsp3) is 0.611. The summed E-state index contributed by atoms with van der Waals surface area (Å²) in [6.45, 7) is 10.1. The summed E-state index contributed by atoms with van der Waals surface area (Å²) in [6, 6.07) is 7.27. The van der Waals surface area contributed by atoms with E-state index in [9.17, 15) is 13.2 Å². The minimum atomic E-state index is -3.42. The van der Waals surface area contributed by atoms with Gasteiger partial charge in [-0.3, -0.25) is 0 Å². The second-order valence-corrected chi connectivity index (χ2v) is 9.53. The molecule has 6 nitrogen and oxygen atoms in total. The summed E-state index contributed by atoms with van der Waals surface area (Å²) in [5.41, 5.74) is 1.21. The number of nitrogens with zero attached hydrogens (tertiary/aromatic N) is 2. The highest BCUT2D eigenvalue weighted by Gasteiger charge is 2.35. The number of rotatable bonds is 3. The lowest BCUT2D eigenvalue weighted by atomic mass is 10.1. The molecule has 1 heterocycles. The molecule has 2 rings (SSSR count). The van der Waals surface area contributed by atoms with Crippen molar-refractivity contribution in [1.29, 1.82) is 0 Å². The summed E-state index contributed by atoms with van der Waals surface area (Å²) in [7, 11) is -3.42. The molecule has 1 aliphatic rings. The number of aryl methyl sites for hydroxylation is 1. The summed E-state index contributed by atoms with van der Waals surface area (Å²) in [4.78, 5) is 13.9. The molecule has 25 heavy (non-hydrogen) atoms. The van der Waals surface area contributed by atoms with Crippen molar-refractivity contribution < 1.29 is 17.9 Å². The number of carbonyl (C=O) groups excluding carboxylic acids is 1. The van der Waals surface area contributed by atoms with Crippen LogP contribution in [0, 0.1) is 6.92 Å². The molecular weight excluding hydrogens is 340 g/mol. The maximum atomic E-state index is 12.7. The van der Waals surface area contributed by atoms with E-state index in [-0.39, 0.29) is 24.9 Å². The van der Waals surface area contributed by atoms with Crippen LogP contribution >= 0.6 is 0 Å². The molecule has 0 bridgehead atoms. The molecule has 0 N–H and O–H groups in total. The molecule has 1 aromatic rings. The fourth-order valence-electron chi connectivity index (χ4n) is 2.83. The van der Waals surface area contributed by atoms with E-state index < -0.39 is 21.7 Å². The van der Waals surface area contributed by atoms with Gasteiger partial charge >= 0.3 is 6.09 Å². The Morgan fingerprint density at radius 2 is 1.88 bits per heavy atom. The minimum absolute atomic E-state index is 0.0150. The Bertz CT molecular complexity index is 725. The highest BCUT2D eigenvalue weighted by Crippen LogP contribution is 2.20. The molecule has 140 valence electrons. The van der Waals surface area contributed by atoms with Crippen molar-refractivity contribution in [1.82, 2.24) is 9.21 Å². The molecule has 0 saturated carbocycles. The van der Waals surface area contributed by atoms with Gasteiger partial charge in [0.2, 0.25) is 10.0 Å². The van der Waals surface area contributed by atoms with Crippen LogP contribution in [0.3, 0.4) is 0 Å². The van der Waals surface area contributed by atoms with Crippen LogP contribution < -0.4 is 0 Å². The Labute approximate surface area is 150 Å². The predicted octanol–water partition coefficient (Wildman–Crippen LogP) is 2.77. The maximum absolute atomic E-state index is 12.7. The first-order valence-electron chi connectivity index (χ1n) is 8.51. The van der Waals surface area contributed by atoms with Gasteiger partial charge in [0.25, 0.3) is 0 Å². The lowest BCUT2D eigenvalue weighted by Crippen LogP contribution is -2.56. The second-order valence-electron chi connectivity index (χ2n) is 7.56. The number of piperazine rings is 1. The monoisotopic (exact) mass is 368 g/mol. The zero-order valence-corrected chi connectivity index (χ0v) is 16.5. The van der Waals surface area contributed by atoms with E-state index in [1.165, 1.54) is 4.31 Å². The van der Waals surface area contributed by atoms with Crippen molar-refractivity contribution in [2.24, 2.45) is 0 Å². The highest BCUT2D eigenvalue weighted by molar-refractivity contribution is 7.88. The molecule has 1 aromatic carbocycles. The predicted molar refractivity (Wildman–Crippen MR) is 97.8 cm³/mol. The Kier molecular flexibility index (Phi) is 5.79. The smallest absolute Gasteiger partial charge is 0.410 e. The number of hydrogen-bond acceptors (Lipinski definition) is 4. The van der Waals surface area contributed by atoms with Crippen LogP contribution in [0.25, 0.3) is 0 Å². The third-order valence-electron chi connectivity index (χ3n) is 4.21. The lowest BCUT2D eigenvalue weighted by Gasteiger charge is -2.39. The fourth-order valence-corrected chi connectivity index (χ4v) is 4.53. The van der Waals surface area contributed by atoms with Gasteiger partial charge in [0, 0.05) is 25.7 Å². The summed E-state index contributed by atoms with van der Waals surface area (Å²) < 4.78 is 32.4. The quantitative estimate of drug-likeness (QED) is 0.823. The van der Waals surface area contributed by atoms with Gasteiger partial charge in [-0.2, -0.15) is 4.31 Å². The molecule has 1 aliphatic heterocycles. The van der Waals surface area contributed by atoms with Crippen LogP contribution in [0.2, 0.25) is 0 Å². The van der Waals surface area contributed by atoms with Crippen LogP contribution in [0.15, 0.2) is 24.3 Å². The summed E-state index contributed by atoms with van der Waals surface area (Å²) >= 11 is 0. The van der Waals surface area contributed by atoms with E-state index in [4.69, 9.17) is 4.74 Å². The van der Waals surface area contributed by atoms with Gasteiger partial charge in [-0.15, -0.1) is 0 Å². The average Bonchev–Trinajstić information content (AvgIpc) is 2.47. The molecule has 1 amide bonds. The second kappa shape index (κ2) is 7.33. The number of benzene rings is 1. The van der Waals surface area contributed by atoms with Crippen molar-refractivity contribution in [3.8, 4) is 0 Å². The molecular formula is C18H28N2O4S. The van der Waals surface area contributed by atoms with E-state index in [2.05, 4.69) is 0 Å². The zero-order valence-electron chi connectivity index (χ0n) is 15.7. The standard InChI is InChI=1S/C18H28N2O4S/c1-14-8-6-7-9-16(14)13-25(22,23)19-10-11-20(15(2)12-19)17(21)24-18(3,4)5/h6-9,15H,10-13H2,1-5H3/t15-/m0/s1. The largest absolute Gasteiger partial charge is 0.444 e. The van der Waals surface area contributed by atoms with Gasteiger partial charge in [-0.05, 0) is 45.7 Å². The number of carbonyl (C=O) groups is 1. The van der Waals surface area contributed by atoms with E-state index in [0.717, 1.165) is 11.1 Å². The van der Waals surface area contributed by atoms with E-state index in [0.29, 0.717) is 6.54 Å². The van der Waals surface area contributed by atoms with Gasteiger partial charge < -0.3 is 9.64 Å². The van der Waals surface area contributed by atoms with Crippen LogP contribution in [-0.4, -0.2) is 55.0 Å². The minimum Gasteiger partial charge on any atom is -0.444 e. The van der Waals surface area contributed by atoms with E-state index >= 15 is 0 Å². The number of amides is 1. The molecule has 7 heteroatoms. The molecule has 1 saturated heterocycles. The van der Waals surface area contributed by atoms with Crippen molar-refractivity contribution in [2.75, 3.05) is 19.6 Å². The van der Waals surface area contributed by atoms with Crippen LogP contribution in [0.1, 0.15) is 38.8 Å². The van der Waals surface area contributed by atoms with E-state index in [1.807, 2.05) is 58.9 Å². The molecule has 0 unspecified atom stereocenters. The Balaban J connectivity index is 2.04. The topological polar surface area (TPSA) is 66.9 Å². The molecule has 1 atom stereocenters. The maximum Gasteiger partial charge on any atom is 0.410 e. The number of hydrogen-bond donors (Lipinski definition) is 0. The number of sulfonamides is 1. The first kappa shape index (κ1) is 19.7. The first-order chi connectivity index (χ1) is 11.5. The highest BCUT2D eigenvalue weighted by atomic mass is 32.2. The lowest BCUT2D eigenvalue weighted by molar-refractivity contribution is 0.00857. The number of ether oxygens (including phenoxy) is 1. The normalized spacial score (nSPS) is 19.7. The third kappa shape index (κ3) is 5.19. The van der Waals surface area contributed by atoms with Crippen molar-refractivity contribution in [3.05, 3.63) is 35.4 Å². The van der Waals surface area contributed by atoms with Crippen LogP contribution in [0.4, 0.5) is 4.79 Å². The SMILES string of the molecule is Cc1ccccc1CS(=O)(=O)N1CCN(C(=O)OC(C)(C)C)[C@@H](C)C1. The third-order valence-corrected chi connectivity index (χ3v) is 6.01. The van der Waals surface area contributed by atoms with Crippen LogP contribution in [-0.2, 0) is 20.5 Å². The zero-order chi connectivity index (χ0) is 18.8. The van der Waals surface area contributed by atoms with Gasteiger partial charge in [0.15, 0.2) is 0 Å².